The minimum Gasteiger partial charge on any atom is -0.508 e. The van der Waals surface area contributed by atoms with E-state index < -0.39 is 11.7 Å². The fourth-order valence-corrected chi connectivity index (χ4v) is 3.05. The number of quaternary nitrogens is 1. The van der Waals surface area contributed by atoms with Crippen molar-refractivity contribution in [2.45, 2.75) is 5.92 Å². The number of halogens is 1. The first-order chi connectivity index (χ1) is 13.1. The Morgan fingerprint density at radius 3 is 2.48 bits per heavy atom. The fraction of sp³-hybridized carbons (Fsp3) is 0.250. The van der Waals surface area contributed by atoms with Crippen LogP contribution in [0, 0.1) is 17.1 Å². The Hall–Kier alpha value is -3.08. The van der Waals surface area contributed by atoms with Gasteiger partial charge in [-0.25, -0.2) is 4.39 Å². The molecule has 6 nitrogen and oxygen atoms in total. The van der Waals surface area contributed by atoms with E-state index in [9.17, 15) is 14.8 Å². The second-order valence-electron chi connectivity index (χ2n) is 6.15. The topological polar surface area (TPSA) is 105 Å². The van der Waals surface area contributed by atoms with Gasteiger partial charge in [-0.2, -0.15) is 5.26 Å². The molecule has 2 aromatic carbocycles. The number of phenols is 1. The number of rotatable bonds is 1. The number of ether oxygens (including phenoxy) is 2. The van der Waals surface area contributed by atoms with Crippen molar-refractivity contribution in [3.8, 4) is 17.6 Å². The van der Waals surface area contributed by atoms with Gasteiger partial charge in [-0.15, -0.1) is 0 Å². The summed E-state index contributed by atoms with van der Waals surface area (Å²) in [4.78, 5) is 0. The lowest BCUT2D eigenvalue weighted by Gasteiger charge is -2.26. The predicted molar refractivity (Wildman–Crippen MR) is 96.3 cm³/mol. The van der Waals surface area contributed by atoms with E-state index in [1.807, 2.05) is 6.07 Å². The standard InChI is InChI=1S/C16H11FN2O2.C4H9NO/c17-13-4-2-1-3-10(13)15-11-6-5-9(20)7-14(11)21-16(19)12(15)8-18;1-3-6-4-2-5-1/h1-7,15,20H,19H2;5H,1-4H2/p+1. The Morgan fingerprint density at radius 2 is 1.89 bits per heavy atom. The number of hydrogen-bond donors (Lipinski definition) is 3. The number of allylic oxidation sites excluding steroid dienone is 1. The number of fused-ring (bicyclic) bond motifs is 1. The second-order valence-corrected chi connectivity index (χ2v) is 6.15. The maximum Gasteiger partial charge on any atom is 0.205 e. The van der Waals surface area contributed by atoms with E-state index in [0.29, 0.717) is 16.9 Å². The van der Waals surface area contributed by atoms with Crippen LogP contribution in [0.3, 0.4) is 0 Å². The molecule has 4 rings (SSSR count). The lowest BCUT2D eigenvalue weighted by atomic mass is 9.83. The van der Waals surface area contributed by atoms with E-state index >= 15 is 0 Å². The number of morpholine rings is 1. The minimum absolute atomic E-state index is 0.00856. The highest BCUT2D eigenvalue weighted by atomic mass is 19.1. The summed E-state index contributed by atoms with van der Waals surface area (Å²) in [5.41, 5.74) is 6.84. The van der Waals surface area contributed by atoms with Crippen molar-refractivity contribution in [2.24, 2.45) is 5.73 Å². The normalized spacial score (nSPS) is 18.4. The smallest absolute Gasteiger partial charge is 0.205 e. The minimum atomic E-state index is -0.652. The molecule has 2 aliphatic heterocycles. The second kappa shape index (κ2) is 8.54. The molecule has 140 valence electrons. The molecule has 0 bridgehead atoms. The first-order valence-corrected chi connectivity index (χ1v) is 8.66. The third kappa shape index (κ3) is 4.19. The highest BCUT2D eigenvalue weighted by molar-refractivity contribution is 5.57. The van der Waals surface area contributed by atoms with E-state index in [1.54, 1.807) is 24.3 Å². The molecule has 0 aliphatic carbocycles. The van der Waals surface area contributed by atoms with Gasteiger partial charge in [-0.1, -0.05) is 24.3 Å². The number of nitrogens with zero attached hydrogens (tertiary/aromatic N) is 1. The molecule has 0 amide bonds. The molecule has 1 atom stereocenters. The number of hydrogen-bond acceptors (Lipinski definition) is 5. The molecule has 0 spiro atoms. The van der Waals surface area contributed by atoms with Crippen molar-refractivity contribution >= 4 is 0 Å². The number of benzene rings is 2. The van der Waals surface area contributed by atoms with Gasteiger partial charge in [0.1, 0.15) is 29.0 Å². The Bertz CT molecular complexity index is 877. The molecule has 2 aromatic rings. The number of nitrogens with two attached hydrogens (primary N) is 2. The van der Waals surface area contributed by atoms with Crippen molar-refractivity contribution < 1.29 is 24.3 Å². The van der Waals surface area contributed by atoms with Gasteiger partial charge >= 0.3 is 0 Å². The summed E-state index contributed by atoms with van der Waals surface area (Å²) in [7, 11) is 0. The van der Waals surface area contributed by atoms with Crippen LogP contribution >= 0.6 is 0 Å². The highest BCUT2D eigenvalue weighted by Crippen LogP contribution is 2.43. The first-order valence-electron chi connectivity index (χ1n) is 8.66. The highest BCUT2D eigenvalue weighted by Gasteiger charge is 2.32. The molecule has 0 saturated carbocycles. The Labute approximate surface area is 156 Å². The van der Waals surface area contributed by atoms with Gasteiger partial charge in [0.15, 0.2) is 0 Å². The maximum atomic E-state index is 14.1. The SMILES string of the molecule is C1COCC[NH2+]1.N#CC1=C(N)Oc2cc(O)ccc2C1c1ccccc1F. The molecule has 0 radical (unpaired) electrons. The van der Waals surface area contributed by atoms with Crippen molar-refractivity contribution in [3.63, 3.8) is 0 Å². The fourth-order valence-electron chi connectivity index (χ4n) is 3.05. The third-order valence-corrected chi connectivity index (χ3v) is 4.35. The summed E-state index contributed by atoms with van der Waals surface area (Å²) in [6.07, 6.45) is 0. The van der Waals surface area contributed by atoms with E-state index in [0.717, 1.165) is 26.3 Å². The van der Waals surface area contributed by atoms with Crippen LogP contribution in [0.1, 0.15) is 17.0 Å². The lowest BCUT2D eigenvalue weighted by molar-refractivity contribution is -0.670. The summed E-state index contributed by atoms with van der Waals surface area (Å²) >= 11 is 0. The van der Waals surface area contributed by atoms with Crippen molar-refractivity contribution in [3.05, 3.63) is 70.9 Å². The van der Waals surface area contributed by atoms with E-state index in [-0.39, 0.29) is 17.2 Å². The zero-order valence-corrected chi connectivity index (χ0v) is 14.7. The maximum absolute atomic E-state index is 14.1. The van der Waals surface area contributed by atoms with Gasteiger partial charge < -0.3 is 25.6 Å². The summed E-state index contributed by atoms with van der Waals surface area (Å²) in [5, 5.41) is 21.1. The van der Waals surface area contributed by atoms with Crippen molar-refractivity contribution in [2.75, 3.05) is 26.3 Å². The van der Waals surface area contributed by atoms with E-state index in [4.69, 9.17) is 15.2 Å². The van der Waals surface area contributed by atoms with Crippen LogP contribution in [-0.2, 0) is 4.74 Å². The van der Waals surface area contributed by atoms with Gasteiger partial charge in [0.2, 0.25) is 5.88 Å². The van der Waals surface area contributed by atoms with Crippen molar-refractivity contribution in [1.29, 1.82) is 5.26 Å². The molecule has 7 heteroatoms. The molecular weight excluding hydrogens is 349 g/mol. The molecule has 1 saturated heterocycles. The number of nitriles is 1. The van der Waals surface area contributed by atoms with Crippen LogP contribution in [0.5, 0.6) is 11.5 Å². The molecule has 1 fully saturated rings. The lowest BCUT2D eigenvalue weighted by Crippen LogP contribution is -2.87. The van der Waals surface area contributed by atoms with Gasteiger partial charge in [0.25, 0.3) is 0 Å². The van der Waals surface area contributed by atoms with Gasteiger partial charge in [0, 0.05) is 17.2 Å². The number of phenolic OH excluding ortho intramolecular Hbond substituents is 1. The monoisotopic (exact) mass is 370 g/mol. The average Bonchev–Trinajstić information content (AvgIpc) is 2.69. The molecule has 2 aliphatic rings. The van der Waals surface area contributed by atoms with Gasteiger partial charge in [0.05, 0.1) is 32.2 Å². The zero-order chi connectivity index (χ0) is 19.2. The Balaban J connectivity index is 0.000000299. The van der Waals surface area contributed by atoms with Crippen LogP contribution < -0.4 is 15.8 Å². The molecule has 2 heterocycles. The van der Waals surface area contributed by atoms with Crippen molar-refractivity contribution in [1.82, 2.24) is 0 Å². The largest absolute Gasteiger partial charge is 0.508 e. The Morgan fingerprint density at radius 1 is 1.15 bits per heavy atom. The van der Waals surface area contributed by atoms with Crippen LogP contribution in [-0.4, -0.2) is 31.4 Å². The van der Waals surface area contributed by atoms with Crippen LogP contribution in [0.2, 0.25) is 0 Å². The summed E-state index contributed by atoms with van der Waals surface area (Å²) in [6.45, 7) is 4.19. The van der Waals surface area contributed by atoms with Crippen LogP contribution in [0.25, 0.3) is 0 Å². The first kappa shape index (κ1) is 18.7. The molecular formula is C20H21FN3O3+. The summed E-state index contributed by atoms with van der Waals surface area (Å²) in [6, 6.07) is 12.7. The predicted octanol–water partition coefficient (Wildman–Crippen LogP) is 1.33. The van der Waals surface area contributed by atoms with E-state index in [1.165, 1.54) is 18.2 Å². The van der Waals surface area contributed by atoms with Crippen LogP contribution in [0.15, 0.2) is 53.9 Å². The molecule has 27 heavy (non-hydrogen) atoms. The summed E-state index contributed by atoms with van der Waals surface area (Å²) in [5.74, 6) is -0.831. The number of aromatic hydroxyl groups is 1. The third-order valence-electron chi connectivity index (χ3n) is 4.35. The Kier molecular flexibility index (Phi) is 5.91. The molecule has 1 unspecified atom stereocenters. The van der Waals surface area contributed by atoms with Gasteiger partial charge in [-0.05, 0) is 12.1 Å². The van der Waals surface area contributed by atoms with Gasteiger partial charge in [-0.3, -0.25) is 0 Å². The summed E-state index contributed by atoms with van der Waals surface area (Å²) < 4.78 is 24.5. The van der Waals surface area contributed by atoms with Crippen LogP contribution in [0.4, 0.5) is 4.39 Å². The zero-order valence-electron chi connectivity index (χ0n) is 14.7. The molecule has 5 N–H and O–H groups in total. The van der Waals surface area contributed by atoms with E-state index in [2.05, 4.69) is 5.32 Å². The quantitative estimate of drug-likeness (QED) is 0.702. The molecule has 0 aromatic heterocycles. The average molecular weight is 370 g/mol.